The maximum Gasteiger partial charge on any atom is 0.144 e. The Morgan fingerprint density at radius 1 is 0.436 bits per heavy atom. The van der Waals surface area contributed by atoms with E-state index in [0.29, 0.717) is 6.54 Å². The highest BCUT2D eigenvalue weighted by molar-refractivity contribution is 6.33. The van der Waals surface area contributed by atoms with Crippen molar-refractivity contribution in [1.29, 1.82) is 0 Å². The van der Waals surface area contributed by atoms with Crippen molar-refractivity contribution in [1.82, 2.24) is 0 Å². The van der Waals surface area contributed by atoms with Crippen LogP contribution >= 0.6 is 0 Å². The number of furan rings is 1. The molecule has 4 heteroatoms. The van der Waals surface area contributed by atoms with Crippen LogP contribution in [0.4, 0.5) is 0 Å². The normalized spacial score (nSPS) is 11.2. The molecule has 0 aliphatic carbocycles. The van der Waals surface area contributed by atoms with Crippen molar-refractivity contribution in [3.63, 3.8) is 0 Å². The molecule has 1 aromatic heterocycles. The van der Waals surface area contributed by atoms with E-state index in [-0.39, 0.29) is 0 Å². The molecule has 0 aliphatic rings. The van der Waals surface area contributed by atoms with Crippen LogP contribution in [0.15, 0.2) is 203 Å². The second kappa shape index (κ2) is 15.9. The van der Waals surface area contributed by atoms with Gasteiger partial charge in [-0.05, 0) is 92.4 Å². The van der Waals surface area contributed by atoms with Gasteiger partial charge >= 0.3 is 0 Å². The average molecular weight is 712 g/mol. The van der Waals surface area contributed by atoms with Crippen molar-refractivity contribution in [3.05, 3.63) is 205 Å². The monoisotopic (exact) mass is 711 g/mol. The fourth-order valence-electron chi connectivity index (χ4n) is 7.49. The molecule has 266 valence electrons. The van der Waals surface area contributed by atoms with E-state index in [9.17, 15) is 0 Å². The summed E-state index contributed by atoms with van der Waals surface area (Å²) in [4.78, 5) is 0. The number of hydrogen-bond donors (Lipinski definition) is 1. The molecule has 0 spiro atoms. The van der Waals surface area contributed by atoms with Crippen LogP contribution in [-0.4, -0.2) is 0 Å². The Morgan fingerprint density at radius 3 is 1.67 bits per heavy atom. The Kier molecular flexibility index (Phi) is 10.1. The minimum atomic E-state index is 0.567. The van der Waals surface area contributed by atoms with Crippen LogP contribution in [0.3, 0.4) is 0 Å². The number of hydrogen-bond acceptors (Lipinski definition) is 3. The summed E-state index contributed by atoms with van der Waals surface area (Å²) in [6.07, 6.45) is 0. The van der Waals surface area contributed by atoms with Gasteiger partial charge in [0.25, 0.3) is 0 Å². The first kappa shape index (κ1) is 35.0. The third kappa shape index (κ3) is 7.31. The molecule has 0 aliphatic heterocycles. The molecule has 0 saturated heterocycles. The molecular formula is C51H41N3O. The van der Waals surface area contributed by atoms with E-state index in [0.717, 1.165) is 16.7 Å². The van der Waals surface area contributed by atoms with Crippen LogP contribution in [0.1, 0.15) is 16.7 Å². The zero-order chi connectivity index (χ0) is 37.6. The van der Waals surface area contributed by atoms with E-state index in [1.54, 1.807) is 0 Å². The number of aryl methyl sites for hydroxylation is 2. The predicted molar refractivity (Wildman–Crippen MR) is 232 cm³/mol. The lowest BCUT2D eigenvalue weighted by Crippen LogP contribution is -1.87. The van der Waals surface area contributed by atoms with E-state index in [2.05, 4.69) is 170 Å². The maximum absolute atomic E-state index is 6.50. The number of benzene rings is 9. The minimum Gasteiger partial charge on any atom is -0.455 e. The first-order valence-electron chi connectivity index (χ1n) is 18.6. The molecule has 10 rings (SSSR count). The van der Waals surface area contributed by atoms with Crippen molar-refractivity contribution < 1.29 is 4.42 Å². The van der Waals surface area contributed by atoms with Gasteiger partial charge in [0.1, 0.15) is 11.2 Å². The summed E-state index contributed by atoms with van der Waals surface area (Å²) in [6, 6.07) is 65.7. The molecule has 0 amide bonds. The van der Waals surface area contributed by atoms with E-state index in [1.165, 1.54) is 76.5 Å². The summed E-state index contributed by atoms with van der Waals surface area (Å²) in [7, 11) is 0. The molecule has 4 nitrogen and oxygen atoms in total. The molecule has 0 fully saturated rings. The van der Waals surface area contributed by atoms with E-state index in [1.807, 2.05) is 42.5 Å². The average Bonchev–Trinajstić information content (AvgIpc) is 3.65. The van der Waals surface area contributed by atoms with Crippen molar-refractivity contribution in [2.45, 2.75) is 20.4 Å². The summed E-state index contributed by atoms with van der Waals surface area (Å²) < 4.78 is 6.50. The Hall–Kier alpha value is -7.04. The molecule has 0 radical (unpaired) electrons. The smallest absolute Gasteiger partial charge is 0.144 e. The van der Waals surface area contributed by atoms with Gasteiger partial charge < -0.3 is 10.3 Å². The van der Waals surface area contributed by atoms with E-state index < -0.39 is 0 Å². The quantitative estimate of drug-likeness (QED) is 0.0855. The maximum atomic E-state index is 6.50. The molecule has 0 saturated carbocycles. The van der Waals surface area contributed by atoms with Crippen molar-refractivity contribution >= 4 is 54.3 Å². The fourth-order valence-corrected chi connectivity index (χ4v) is 7.49. The fraction of sp³-hybridized carbons (Fsp3) is 0.0588. The Morgan fingerprint density at radius 2 is 1.00 bits per heavy atom. The minimum absolute atomic E-state index is 0.567. The topological polar surface area (TPSA) is 63.9 Å². The summed E-state index contributed by atoms with van der Waals surface area (Å²) in [5.41, 5.74) is 10.7. The molecule has 10 aromatic rings. The molecular weight excluding hydrogens is 671 g/mol. The van der Waals surface area contributed by atoms with Crippen molar-refractivity contribution in [2.75, 3.05) is 0 Å². The predicted octanol–water partition coefficient (Wildman–Crippen LogP) is 14.2. The molecule has 55 heavy (non-hydrogen) atoms. The number of nitrogens with zero attached hydrogens (tertiary/aromatic N) is 2. The standard InChI is InChI=1S/C31H20O.C13H12.C7H9N3/c1-19-17-27-23-16-15-21(20-9-3-2-4-10-20)18-26(23)22-11-5-6-12-24(22)30(27)31-29(19)25-13-7-8-14-28(25)32-31;1-11-6-5-9-13(10-11)12-7-3-2-4-8-12;8-10-9-6-7-4-2-1-3-5-7/h2-18H,1H3;2-10H,1H3;1-5H,6H2,(H2,8,9). The first-order valence-corrected chi connectivity index (χ1v) is 18.6. The third-order valence-electron chi connectivity index (χ3n) is 10.1. The summed E-state index contributed by atoms with van der Waals surface area (Å²) in [5.74, 6) is 4.83. The largest absolute Gasteiger partial charge is 0.455 e. The summed E-state index contributed by atoms with van der Waals surface area (Å²) >= 11 is 0. The highest BCUT2D eigenvalue weighted by Crippen LogP contribution is 2.44. The van der Waals surface area contributed by atoms with Crippen LogP contribution in [0, 0.1) is 13.8 Å². The first-order chi connectivity index (χ1) is 27.1. The second-order valence-corrected chi connectivity index (χ2v) is 13.7. The molecule has 2 N–H and O–H groups in total. The van der Waals surface area contributed by atoms with Gasteiger partial charge in [0.05, 0.1) is 6.54 Å². The van der Waals surface area contributed by atoms with Gasteiger partial charge in [-0.1, -0.05) is 181 Å². The van der Waals surface area contributed by atoms with Gasteiger partial charge in [0.15, 0.2) is 0 Å². The number of nitrogens with two attached hydrogens (primary N) is 1. The lowest BCUT2D eigenvalue weighted by Gasteiger charge is -2.13. The lowest BCUT2D eigenvalue weighted by atomic mass is 9.90. The Bertz CT molecular complexity index is 2910. The van der Waals surface area contributed by atoms with Crippen LogP contribution in [0.2, 0.25) is 0 Å². The van der Waals surface area contributed by atoms with Crippen LogP contribution in [0.25, 0.3) is 76.5 Å². The van der Waals surface area contributed by atoms with Gasteiger partial charge in [-0.25, -0.2) is 0 Å². The van der Waals surface area contributed by atoms with Crippen molar-refractivity contribution in [2.24, 2.45) is 16.2 Å². The highest BCUT2D eigenvalue weighted by atomic mass is 16.3. The summed E-state index contributed by atoms with van der Waals surface area (Å²) in [5, 5.41) is 16.7. The molecule has 0 bridgehead atoms. The lowest BCUT2D eigenvalue weighted by molar-refractivity contribution is 0.673. The van der Waals surface area contributed by atoms with Gasteiger partial charge in [-0.3, -0.25) is 0 Å². The number of fused-ring (bicyclic) bond motifs is 10. The molecule has 0 unspecified atom stereocenters. The zero-order valence-corrected chi connectivity index (χ0v) is 31.0. The van der Waals surface area contributed by atoms with Crippen LogP contribution < -0.4 is 5.84 Å². The molecule has 0 atom stereocenters. The van der Waals surface area contributed by atoms with Gasteiger partial charge in [0, 0.05) is 16.2 Å². The highest BCUT2D eigenvalue weighted by Gasteiger charge is 2.18. The zero-order valence-electron chi connectivity index (χ0n) is 31.0. The third-order valence-corrected chi connectivity index (χ3v) is 10.1. The van der Waals surface area contributed by atoms with Crippen LogP contribution in [0.5, 0.6) is 0 Å². The number of rotatable bonds is 4. The summed E-state index contributed by atoms with van der Waals surface area (Å²) in [6.45, 7) is 4.88. The Balaban J connectivity index is 0.000000152. The van der Waals surface area contributed by atoms with Gasteiger partial charge in [-0.15, -0.1) is 0 Å². The van der Waals surface area contributed by atoms with E-state index >= 15 is 0 Å². The van der Waals surface area contributed by atoms with E-state index in [4.69, 9.17) is 10.3 Å². The Labute approximate surface area is 321 Å². The molecule has 1 heterocycles. The van der Waals surface area contributed by atoms with Crippen LogP contribution in [-0.2, 0) is 6.54 Å². The number of para-hydroxylation sites is 1. The van der Waals surface area contributed by atoms with Gasteiger partial charge in [-0.2, -0.15) is 5.11 Å². The molecule has 9 aromatic carbocycles. The van der Waals surface area contributed by atoms with Gasteiger partial charge in [0.2, 0.25) is 0 Å². The van der Waals surface area contributed by atoms with Crippen molar-refractivity contribution in [3.8, 4) is 22.3 Å². The SMILES string of the molecule is Cc1cc2c3ccc(-c4ccccc4)cc3c3ccccc3c2c2oc3ccccc3c12.Cc1cccc(-c2ccccc2)c1.NN=NCc1ccccc1. The second-order valence-electron chi connectivity index (χ2n) is 13.7.